The number of hydrogen-bond acceptors (Lipinski definition) is 5. The zero-order chi connectivity index (χ0) is 26.0. The van der Waals surface area contributed by atoms with Crippen molar-refractivity contribution in [3.8, 4) is 5.75 Å². The molecule has 0 aliphatic rings. The Morgan fingerprint density at radius 2 is 1.80 bits per heavy atom. The molecule has 0 amide bonds. The van der Waals surface area contributed by atoms with E-state index < -0.39 is 8.32 Å². The van der Waals surface area contributed by atoms with Gasteiger partial charge in [0.25, 0.3) is 0 Å². The van der Waals surface area contributed by atoms with Crippen LogP contribution in [0.1, 0.15) is 62.2 Å². The van der Waals surface area contributed by atoms with E-state index in [1.165, 1.54) is 6.07 Å². The summed E-state index contributed by atoms with van der Waals surface area (Å²) in [4.78, 5) is 25.9. The van der Waals surface area contributed by atoms with E-state index in [-0.39, 0.29) is 28.0 Å². The van der Waals surface area contributed by atoms with E-state index in [4.69, 9.17) is 4.43 Å². The summed E-state index contributed by atoms with van der Waals surface area (Å²) < 4.78 is 6.91. The molecule has 0 spiro atoms. The maximum atomic E-state index is 11.9. The number of phenols is 1. The summed E-state index contributed by atoms with van der Waals surface area (Å²) in [5, 5.41) is 14.9. The van der Waals surface area contributed by atoms with Crippen molar-refractivity contribution in [2.75, 3.05) is 6.54 Å². The summed E-state index contributed by atoms with van der Waals surface area (Å²) >= 11 is 0. The van der Waals surface area contributed by atoms with Crippen molar-refractivity contribution in [3.63, 3.8) is 0 Å². The number of aldehydes is 1. The number of pyridine rings is 1. The van der Waals surface area contributed by atoms with Gasteiger partial charge in [-0.2, -0.15) is 0 Å². The average molecular weight is 495 g/mol. The van der Waals surface area contributed by atoms with Gasteiger partial charge in [-0.15, -0.1) is 0 Å². The fourth-order valence-electron chi connectivity index (χ4n) is 4.01. The smallest absolute Gasteiger partial charge is 0.248 e. The maximum absolute atomic E-state index is 11.9. The average Bonchev–Trinajstić information content (AvgIpc) is 2.76. The van der Waals surface area contributed by atoms with E-state index in [9.17, 15) is 14.7 Å². The molecule has 0 radical (unpaired) electrons. The molecule has 3 aromatic rings. The molecule has 2 aromatic carbocycles. The number of benzene rings is 2. The fourth-order valence-corrected chi connectivity index (χ4v) is 5.28. The van der Waals surface area contributed by atoms with Crippen LogP contribution in [0.4, 0.5) is 0 Å². The Morgan fingerprint density at radius 1 is 1.09 bits per heavy atom. The van der Waals surface area contributed by atoms with Gasteiger partial charge in [0.15, 0.2) is 8.32 Å². The zero-order valence-electron chi connectivity index (χ0n) is 21.9. The molecule has 0 aliphatic carbocycles. The topological polar surface area (TPSA) is 91.4 Å². The summed E-state index contributed by atoms with van der Waals surface area (Å²) in [6.45, 7) is 15.9. The molecule has 1 aromatic heterocycles. The molecule has 1 atom stereocenters. The molecule has 1 heterocycles. The van der Waals surface area contributed by atoms with E-state index >= 15 is 0 Å². The van der Waals surface area contributed by atoms with Crippen LogP contribution in [0.25, 0.3) is 10.9 Å². The van der Waals surface area contributed by atoms with Crippen molar-refractivity contribution >= 4 is 25.5 Å². The molecule has 0 unspecified atom stereocenters. The van der Waals surface area contributed by atoms with Gasteiger partial charge < -0.3 is 19.8 Å². The molecule has 7 heteroatoms. The summed E-state index contributed by atoms with van der Waals surface area (Å²) in [5.41, 5.74) is 2.57. The monoisotopic (exact) mass is 494 g/mol. The third kappa shape index (κ3) is 6.48. The second-order valence-corrected chi connectivity index (χ2v) is 16.2. The molecule has 3 N–H and O–H groups in total. The van der Waals surface area contributed by atoms with E-state index in [1.807, 2.05) is 24.3 Å². The number of carbonyl (C=O) groups is 1. The second kappa shape index (κ2) is 10.1. The van der Waals surface area contributed by atoms with Gasteiger partial charge in [-0.05, 0) is 67.7 Å². The molecule has 0 fully saturated rings. The van der Waals surface area contributed by atoms with Crippen molar-refractivity contribution in [3.05, 3.63) is 75.6 Å². The van der Waals surface area contributed by atoms with Crippen molar-refractivity contribution in [2.24, 2.45) is 0 Å². The SMILES string of the molecule is CC(C)(Cc1cccc(C=O)c1)NC[C@H](O[Si](C)(C)C(C)(C)C)c1ccc(O)c2[nH]c(=O)ccc12. The van der Waals surface area contributed by atoms with Gasteiger partial charge in [-0.1, -0.05) is 45.0 Å². The highest BCUT2D eigenvalue weighted by Gasteiger charge is 2.40. The zero-order valence-corrected chi connectivity index (χ0v) is 22.9. The van der Waals surface area contributed by atoms with E-state index in [1.54, 1.807) is 18.2 Å². The summed E-state index contributed by atoms with van der Waals surface area (Å²) in [7, 11) is -2.16. The molecular weight excluding hydrogens is 456 g/mol. The Balaban J connectivity index is 1.95. The lowest BCUT2D eigenvalue weighted by atomic mass is 9.93. The first kappa shape index (κ1) is 26.9. The highest BCUT2D eigenvalue weighted by molar-refractivity contribution is 6.74. The molecule has 35 heavy (non-hydrogen) atoms. The highest BCUT2D eigenvalue weighted by Crippen LogP contribution is 2.41. The van der Waals surface area contributed by atoms with Gasteiger partial charge in [-0.25, -0.2) is 0 Å². The highest BCUT2D eigenvalue weighted by atomic mass is 28.4. The Hall–Kier alpha value is -2.74. The van der Waals surface area contributed by atoms with Crippen LogP contribution in [0, 0.1) is 0 Å². The molecule has 6 nitrogen and oxygen atoms in total. The summed E-state index contributed by atoms with van der Waals surface area (Å²) in [6, 6.07) is 14.4. The van der Waals surface area contributed by atoms with E-state index in [0.29, 0.717) is 17.6 Å². The normalized spacial score (nSPS) is 13.7. The van der Waals surface area contributed by atoms with Crippen LogP contribution in [0.5, 0.6) is 5.75 Å². The number of hydrogen-bond donors (Lipinski definition) is 3. The predicted octanol–water partition coefficient (Wildman–Crippen LogP) is 5.72. The Kier molecular flexibility index (Phi) is 7.74. The van der Waals surface area contributed by atoms with Gasteiger partial charge in [0, 0.05) is 29.1 Å². The van der Waals surface area contributed by atoms with Crippen molar-refractivity contribution in [2.45, 2.75) is 70.8 Å². The molecule has 188 valence electrons. The van der Waals surface area contributed by atoms with Crippen molar-refractivity contribution < 1.29 is 14.3 Å². The lowest BCUT2D eigenvalue weighted by Gasteiger charge is -2.40. The number of fused-ring (bicyclic) bond motifs is 1. The Labute approximate surface area is 208 Å². The molecular formula is C28H38N2O4Si. The van der Waals surface area contributed by atoms with Crippen molar-refractivity contribution in [1.29, 1.82) is 0 Å². The molecule has 0 saturated carbocycles. The van der Waals surface area contributed by atoms with Crippen LogP contribution in [0.3, 0.4) is 0 Å². The Bertz CT molecular complexity index is 1260. The minimum atomic E-state index is -2.16. The van der Waals surface area contributed by atoms with Crippen molar-refractivity contribution in [1.82, 2.24) is 10.3 Å². The first-order chi connectivity index (χ1) is 16.2. The number of carbonyl (C=O) groups excluding carboxylic acids is 1. The predicted molar refractivity (Wildman–Crippen MR) is 145 cm³/mol. The first-order valence-electron chi connectivity index (χ1n) is 12.0. The second-order valence-electron chi connectivity index (χ2n) is 11.5. The lowest BCUT2D eigenvalue weighted by molar-refractivity contribution is 0.112. The van der Waals surface area contributed by atoms with E-state index in [0.717, 1.165) is 29.2 Å². The first-order valence-corrected chi connectivity index (χ1v) is 15.0. The number of rotatable bonds is 9. The molecule has 0 aliphatic heterocycles. The number of aromatic amines is 1. The summed E-state index contributed by atoms with van der Waals surface area (Å²) in [5.74, 6) is 0.0378. The third-order valence-corrected chi connectivity index (χ3v) is 11.5. The van der Waals surface area contributed by atoms with E-state index in [2.05, 4.69) is 58.0 Å². The minimum absolute atomic E-state index is 0.0110. The third-order valence-electron chi connectivity index (χ3n) is 7.00. The van der Waals surface area contributed by atoms with Gasteiger partial charge in [-0.3, -0.25) is 9.59 Å². The molecule has 3 rings (SSSR count). The van der Waals surface area contributed by atoms with Crippen LogP contribution in [0.2, 0.25) is 18.1 Å². The molecule has 0 saturated heterocycles. The van der Waals surface area contributed by atoms with Crippen LogP contribution in [-0.2, 0) is 10.8 Å². The molecule has 0 bridgehead atoms. The standard InChI is InChI=1S/C28H38N2O4Si/c1-27(2,3)35(6,7)34-24(21-11-13-23(32)26-22(21)12-14-25(33)30-26)17-29-28(4,5)16-19-9-8-10-20(15-19)18-31/h8-15,18,24,29,32H,16-17H2,1-7H3,(H,30,33)/t24-/m0/s1. The fraction of sp³-hybridized carbons (Fsp3) is 0.429. The number of aromatic nitrogens is 1. The maximum Gasteiger partial charge on any atom is 0.248 e. The van der Waals surface area contributed by atoms with Crippen LogP contribution in [0.15, 0.2) is 53.3 Å². The number of H-pyrrole nitrogens is 1. The van der Waals surface area contributed by atoms with Crippen LogP contribution >= 0.6 is 0 Å². The van der Waals surface area contributed by atoms with Gasteiger partial charge >= 0.3 is 0 Å². The quantitative estimate of drug-likeness (QED) is 0.261. The van der Waals surface area contributed by atoms with Crippen LogP contribution < -0.4 is 10.9 Å². The number of aromatic hydroxyl groups is 1. The van der Waals surface area contributed by atoms with Gasteiger partial charge in [0.2, 0.25) is 5.56 Å². The number of phenolic OH excluding ortho intramolecular Hbond substituents is 1. The lowest BCUT2D eigenvalue weighted by Crippen LogP contribution is -2.47. The van der Waals surface area contributed by atoms with Crippen LogP contribution in [-0.4, -0.2) is 36.8 Å². The van der Waals surface area contributed by atoms with Gasteiger partial charge in [0.1, 0.15) is 12.0 Å². The Morgan fingerprint density at radius 3 is 2.46 bits per heavy atom. The number of nitrogens with one attached hydrogen (secondary N) is 2. The largest absolute Gasteiger partial charge is 0.506 e. The summed E-state index contributed by atoms with van der Waals surface area (Å²) in [6.07, 6.45) is 1.32. The van der Waals surface area contributed by atoms with Gasteiger partial charge in [0.05, 0.1) is 11.6 Å². The minimum Gasteiger partial charge on any atom is -0.506 e.